The van der Waals surface area contributed by atoms with Crippen molar-refractivity contribution in [2.24, 2.45) is 5.73 Å². The number of benzene rings is 2. The molecule has 4 aromatic rings. The number of oxazole rings is 1. The van der Waals surface area contributed by atoms with E-state index in [0.29, 0.717) is 10.9 Å². The molecule has 220 valence electrons. The second-order valence-corrected chi connectivity index (χ2v) is 9.47. The molecule has 0 aliphatic carbocycles. The van der Waals surface area contributed by atoms with Crippen molar-refractivity contribution in [1.82, 2.24) is 19.8 Å². The first-order valence-electron chi connectivity index (χ1n) is 13.2. The van der Waals surface area contributed by atoms with Crippen LogP contribution in [0, 0.1) is 0 Å². The van der Waals surface area contributed by atoms with Crippen molar-refractivity contribution in [3.8, 4) is 17.2 Å². The SMILES string of the molecule is CCOC(=O)N1CCN(C(=O)c2nc(-c3ccc(OC)c4nc(C(F)(F)F)ccc34)oc2CN)C[C@H]1c1ccccc1. The molecule has 1 saturated heterocycles. The van der Waals surface area contributed by atoms with Crippen molar-refractivity contribution < 1.29 is 36.7 Å². The van der Waals surface area contributed by atoms with Crippen molar-refractivity contribution in [1.29, 1.82) is 0 Å². The lowest BCUT2D eigenvalue weighted by atomic mass is 10.0. The number of fused-ring (bicyclic) bond motifs is 1. The van der Waals surface area contributed by atoms with E-state index in [0.717, 1.165) is 11.6 Å². The first kappa shape index (κ1) is 28.9. The molecule has 2 aromatic heterocycles. The third kappa shape index (κ3) is 5.47. The number of hydrogen-bond donors (Lipinski definition) is 1. The van der Waals surface area contributed by atoms with Gasteiger partial charge in [0, 0.05) is 30.6 Å². The Labute approximate surface area is 238 Å². The Bertz CT molecular complexity index is 1610. The van der Waals surface area contributed by atoms with Gasteiger partial charge in [0.2, 0.25) is 5.89 Å². The number of amides is 2. The largest absolute Gasteiger partial charge is 0.494 e. The van der Waals surface area contributed by atoms with E-state index >= 15 is 0 Å². The number of nitrogens with zero attached hydrogens (tertiary/aromatic N) is 4. The molecule has 42 heavy (non-hydrogen) atoms. The highest BCUT2D eigenvalue weighted by atomic mass is 19.4. The van der Waals surface area contributed by atoms with Crippen LogP contribution < -0.4 is 10.5 Å². The summed E-state index contributed by atoms with van der Waals surface area (Å²) in [5, 5.41) is 0.290. The van der Waals surface area contributed by atoms with Gasteiger partial charge < -0.3 is 24.5 Å². The normalized spacial score (nSPS) is 15.6. The molecule has 2 aromatic carbocycles. The number of aromatic nitrogens is 2. The molecule has 0 bridgehead atoms. The van der Waals surface area contributed by atoms with Crippen molar-refractivity contribution in [3.63, 3.8) is 0 Å². The molecule has 0 unspecified atom stereocenters. The Morgan fingerprint density at radius 2 is 1.83 bits per heavy atom. The minimum atomic E-state index is -4.65. The summed E-state index contributed by atoms with van der Waals surface area (Å²) < 4.78 is 56.5. The Kier molecular flexibility index (Phi) is 8.03. The van der Waals surface area contributed by atoms with Crippen LogP contribution in [0.5, 0.6) is 5.75 Å². The average Bonchev–Trinajstić information content (AvgIpc) is 3.44. The van der Waals surface area contributed by atoms with Crippen LogP contribution in [-0.4, -0.2) is 65.1 Å². The maximum atomic E-state index is 13.8. The summed E-state index contributed by atoms with van der Waals surface area (Å²) in [5.74, 6) is -0.209. The van der Waals surface area contributed by atoms with Gasteiger partial charge in [-0.2, -0.15) is 13.2 Å². The average molecular weight is 584 g/mol. The van der Waals surface area contributed by atoms with E-state index in [1.807, 2.05) is 30.3 Å². The lowest BCUT2D eigenvalue weighted by Crippen LogP contribution is -2.52. The number of hydrogen-bond acceptors (Lipinski definition) is 8. The Morgan fingerprint density at radius 1 is 1.07 bits per heavy atom. The Balaban J connectivity index is 1.50. The van der Waals surface area contributed by atoms with Crippen LogP contribution in [-0.2, 0) is 17.5 Å². The lowest BCUT2D eigenvalue weighted by molar-refractivity contribution is -0.140. The van der Waals surface area contributed by atoms with Crippen LogP contribution in [0.3, 0.4) is 0 Å². The summed E-state index contributed by atoms with van der Waals surface area (Å²) in [6.45, 7) is 2.40. The number of alkyl halides is 3. The van der Waals surface area contributed by atoms with Crippen LogP contribution in [0.15, 0.2) is 59.0 Å². The van der Waals surface area contributed by atoms with Gasteiger partial charge in [0.1, 0.15) is 17.0 Å². The fraction of sp³-hybridized carbons (Fsp3) is 0.310. The molecule has 0 radical (unpaired) electrons. The van der Waals surface area contributed by atoms with Gasteiger partial charge in [-0.15, -0.1) is 0 Å². The highest BCUT2D eigenvalue weighted by Gasteiger charge is 2.37. The maximum absolute atomic E-state index is 13.8. The quantitative estimate of drug-likeness (QED) is 0.335. The number of nitrogens with two attached hydrogens (primary N) is 1. The summed E-state index contributed by atoms with van der Waals surface area (Å²) in [5.41, 5.74) is 5.93. The van der Waals surface area contributed by atoms with E-state index in [1.54, 1.807) is 22.8 Å². The fourth-order valence-electron chi connectivity index (χ4n) is 4.98. The van der Waals surface area contributed by atoms with Gasteiger partial charge in [-0.05, 0) is 36.8 Å². The fourth-order valence-corrected chi connectivity index (χ4v) is 4.98. The Morgan fingerprint density at radius 3 is 2.50 bits per heavy atom. The standard InChI is InChI=1S/C29H28F3N5O5/c1-3-41-28(39)37-14-13-36(16-20(37)17-7-5-4-6-8-17)27(38)25-22(15-33)42-26(35-25)19-9-11-21(40-2)24-18(19)10-12-23(34-24)29(30,31)32/h4-12,20H,3,13-16,33H2,1-2H3/t20-/m0/s1. The summed E-state index contributed by atoms with van der Waals surface area (Å²) in [7, 11) is 1.33. The van der Waals surface area contributed by atoms with Crippen molar-refractivity contribution in [3.05, 3.63) is 77.3 Å². The summed E-state index contributed by atoms with van der Waals surface area (Å²) >= 11 is 0. The van der Waals surface area contributed by atoms with Gasteiger partial charge in [-0.1, -0.05) is 30.3 Å². The summed E-state index contributed by atoms with van der Waals surface area (Å²) in [4.78, 5) is 37.9. The highest BCUT2D eigenvalue weighted by Crippen LogP contribution is 2.37. The van der Waals surface area contributed by atoms with Crippen LogP contribution in [0.1, 0.15) is 40.5 Å². The molecule has 1 aliphatic heterocycles. The minimum Gasteiger partial charge on any atom is -0.494 e. The molecule has 10 nitrogen and oxygen atoms in total. The second kappa shape index (κ2) is 11.7. The maximum Gasteiger partial charge on any atom is 0.433 e. The zero-order valence-corrected chi connectivity index (χ0v) is 22.9. The first-order chi connectivity index (χ1) is 20.2. The first-order valence-corrected chi connectivity index (χ1v) is 13.2. The number of methoxy groups -OCH3 is 1. The van der Waals surface area contributed by atoms with E-state index in [1.165, 1.54) is 19.2 Å². The molecule has 1 fully saturated rings. The number of piperazine rings is 1. The molecule has 0 saturated carbocycles. The molecular weight excluding hydrogens is 555 g/mol. The number of carbonyl (C=O) groups is 2. The van der Waals surface area contributed by atoms with E-state index < -0.39 is 29.9 Å². The van der Waals surface area contributed by atoms with Gasteiger partial charge in [0.15, 0.2) is 11.5 Å². The Hall–Kier alpha value is -4.65. The molecule has 1 aliphatic rings. The van der Waals surface area contributed by atoms with Crippen LogP contribution in [0.25, 0.3) is 22.4 Å². The smallest absolute Gasteiger partial charge is 0.433 e. The van der Waals surface area contributed by atoms with E-state index in [9.17, 15) is 22.8 Å². The topological polar surface area (TPSA) is 124 Å². The number of ether oxygens (including phenoxy) is 2. The summed E-state index contributed by atoms with van der Waals surface area (Å²) in [6, 6.07) is 14.0. The molecule has 2 N–H and O–H groups in total. The van der Waals surface area contributed by atoms with Crippen molar-refractivity contribution in [2.75, 3.05) is 33.4 Å². The third-order valence-electron chi connectivity index (χ3n) is 7.00. The predicted molar refractivity (Wildman–Crippen MR) is 145 cm³/mol. The van der Waals surface area contributed by atoms with Crippen LogP contribution >= 0.6 is 0 Å². The number of pyridine rings is 1. The highest BCUT2D eigenvalue weighted by molar-refractivity contribution is 5.98. The van der Waals surface area contributed by atoms with Gasteiger partial charge >= 0.3 is 12.3 Å². The number of carbonyl (C=O) groups excluding carboxylic acids is 2. The van der Waals surface area contributed by atoms with Crippen LogP contribution in [0.2, 0.25) is 0 Å². The molecular formula is C29H28F3N5O5. The second-order valence-electron chi connectivity index (χ2n) is 9.47. The zero-order chi connectivity index (χ0) is 30.0. The van der Waals surface area contributed by atoms with E-state index in [2.05, 4.69) is 9.97 Å². The van der Waals surface area contributed by atoms with Crippen molar-refractivity contribution in [2.45, 2.75) is 25.7 Å². The molecule has 13 heteroatoms. The molecule has 5 rings (SSSR count). The minimum absolute atomic E-state index is 0.00205. The monoisotopic (exact) mass is 583 g/mol. The van der Waals surface area contributed by atoms with Crippen LogP contribution in [0.4, 0.5) is 18.0 Å². The molecule has 0 spiro atoms. The van der Waals surface area contributed by atoms with E-state index in [4.69, 9.17) is 19.6 Å². The molecule has 2 amide bonds. The van der Waals surface area contributed by atoms with Gasteiger partial charge in [-0.25, -0.2) is 14.8 Å². The van der Waals surface area contributed by atoms with E-state index in [-0.39, 0.29) is 61.4 Å². The summed E-state index contributed by atoms with van der Waals surface area (Å²) in [6.07, 6.45) is -5.13. The van der Waals surface area contributed by atoms with Gasteiger partial charge in [0.05, 0.1) is 26.3 Å². The van der Waals surface area contributed by atoms with Gasteiger partial charge in [-0.3, -0.25) is 9.69 Å². The number of rotatable bonds is 6. The van der Waals surface area contributed by atoms with Crippen molar-refractivity contribution >= 4 is 22.9 Å². The lowest BCUT2D eigenvalue weighted by Gasteiger charge is -2.40. The predicted octanol–water partition coefficient (Wildman–Crippen LogP) is 5.03. The third-order valence-corrected chi connectivity index (χ3v) is 7.00. The number of halogens is 3. The van der Waals surface area contributed by atoms with Gasteiger partial charge in [0.25, 0.3) is 5.91 Å². The zero-order valence-electron chi connectivity index (χ0n) is 22.9. The molecule has 3 heterocycles. The molecule has 1 atom stereocenters.